The van der Waals surface area contributed by atoms with Gasteiger partial charge in [-0.15, -0.1) is 0 Å². The van der Waals surface area contributed by atoms with E-state index in [0.717, 1.165) is 0 Å². The van der Waals surface area contributed by atoms with E-state index >= 15 is 0 Å². The molecule has 0 aliphatic heterocycles. The summed E-state index contributed by atoms with van der Waals surface area (Å²) in [4.78, 5) is 31.5. The van der Waals surface area contributed by atoms with Crippen molar-refractivity contribution in [1.29, 1.82) is 0 Å². The van der Waals surface area contributed by atoms with Crippen LogP contribution in [0.4, 0.5) is 21.7 Å². The van der Waals surface area contributed by atoms with Crippen molar-refractivity contribution in [3.63, 3.8) is 0 Å². The predicted octanol–water partition coefficient (Wildman–Crippen LogP) is 3.44. The summed E-state index contributed by atoms with van der Waals surface area (Å²) in [7, 11) is 0. The Morgan fingerprint density at radius 2 is 1.54 bits per heavy atom. The van der Waals surface area contributed by atoms with Crippen molar-refractivity contribution in [3.8, 4) is 0 Å². The molecule has 0 atom stereocenters. The van der Waals surface area contributed by atoms with Crippen molar-refractivity contribution < 1.29 is 14.0 Å². The maximum absolute atomic E-state index is 13.6. The fourth-order valence-electron chi connectivity index (χ4n) is 2.40. The van der Waals surface area contributed by atoms with E-state index in [9.17, 15) is 14.0 Å². The SMILES string of the molecule is CC(=O)Nc1ccc(NC(=O)c2cnc(NCc3ccccc3F)nc2)cc1. The van der Waals surface area contributed by atoms with Crippen LogP contribution in [0.15, 0.2) is 60.9 Å². The van der Waals surface area contributed by atoms with Gasteiger partial charge in [-0.25, -0.2) is 14.4 Å². The second-order valence-electron chi connectivity index (χ2n) is 5.95. The van der Waals surface area contributed by atoms with Crippen molar-refractivity contribution in [2.75, 3.05) is 16.0 Å². The molecule has 0 aliphatic carbocycles. The highest BCUT2D eigenvalue weighted by Gasteiger charge is 2.08. The third-order valence-corrected chi connectivity index (χ3v) is 3.77. The Morgan fingerprint density at radius 3 is 2.14 bits per heavy atom. The van der Waals surface area contributed by atoms with Crippen molar-refractivity contribution >= 4 is 29.1 Å². The predicted molar refractivity (Wildman–Crippen MR) is 104 cm³/mol. The summed E-state index contributed by atoms with van der Waals surface area (Å²) in [6.45, 7) is 1.66. The molecule has 2 amide bonds. The van der Waals surface area contributed by atoms with E-state index in [1.807, 2.05) is 0 Å². The largest absolute Gasteiger partial charge is 0.350 e. The van der Waals surface area contributed by atoms with Gasteiger partial charge in [0.15, 0.2) is 0 Å². The molecule has 0 aliphatic rings. The van der Waals surface area contributed by atoms with E-state index in [1.54, 1.807) is 42.5 Å². The second kappa shape index (κ2) is 8.72. The molecule has 3 N–H and O–H groups in total. The standard InChI is InChI=1S/C20H18FN5O2/c1-13(27)25-16-6-8-17(9-7-16)26-19(28)15-11-23-20(24-12-15)22-10-14-4-2-3-5-18(14)21/h2-9,11-12H,10H2,1H3,(H,25,27)(H,26,28)(H,22,23,24). The maximum atomic E-state index is 13.6. The highest BCUT2D eigenvalue weighted by molar-refractivity contribution is 6.04. The van der Waals surface area contributed by atoms with Crippen molar-refractivity contribution in [1.82, 2.24) is 9.97 Å². The van der Waals surface area contributed by atoms with Crippen molar-refractivity contribution in [2.45, 2.75) is 13.5 Å². The van der Waals surface area contributed by atoms with Crippen LogP contribution in [0.25, 0.3) is 0 Å². The quantitative estimate of drug-likeness (QED) is 0.610. The number of anilines is 3. The first kappa shape index (κ1) is 19.0. The van der Waals surface area contributed by atoms with Crippen LogP contribution in [0.1, 0.15) is 22.8 Å². The number of hydrogen-bond donors (Lipinski definition) is 3. The molecule has 7 nitrogen and oxygen atoms in total. The molecule has 3 rings (SSSR count). The van der Waals surface area contributed by atoms with E-state index < -0.39 is 0 Å². The zero-order valence-electron chi connectivity index (χ0n) is 15.1. The molecule has 1 aromatic heterocycles. The Hall–Kier alpha value is -3.81. The normalized spacial score (nSPS) is 10.2. The monoisotopic (exact) mass is 379 g/mol. The molecule has 2 aromatic carbocycles. The minimum atomic E-state index is -0.368. The number of carbonyl (C=O) groups is 2. The van der Waals surface area contributed by atoms with Gasteiger partial charge in [-0.2, -0.15) is 0 Å². The number of nitrogens with zero attached hydrogens (tertiary/aromatic N) is 2. The molecular formula is C20H18FN5O2. The molecule has 0 bridgehead atoms. The van der Waals surface area contributed by atoms with Gasteiger partial charge in [0.1, 0.15) is 5.82 Å². The molecule has 0 saturated carbocycles. The summed E-state index contributed by atoms with van der Waals surface area (Å²) < 4.78 is 13.6. The minimum Gasteiger partial charge on any atom is -0.350 e. The summed E-state index contributed by atoms with van der Waals surface area (Å²) in [5, 5.41) is 8.28. The fourth-order valence-corrected chi connectivity index (χ4v) is 2.40. The number of hydrogen-bond acceptors (Lipinski definition) is 5. The van der Waals surface area contributed by atoms with E-state index in [1.165, 1.54) is 25.4 Å². The summed E-state index contributed by atoms with van der Waals surface area (Å²) in [5.74, 6) is -0.555. The third kappa shape index (κ3) is 5.10. The Morgan fingerprint density at radius 1 is 0.929 bits per heavy atom. The zero-order chi connectivity index (χ0) is 19.9. The number of amides is 2. The van der Waals surface area contributed by atoms with Gasteiger partial charge in [-0.3, -0.25) is 9.59 Å². The lowest BCUT2D eigenvalue weighted by Gasteiger charge is -2.08. The van der Waals surface area contributed by atoms with Gasteiger partial charge in [0, 0.05) is 42.8 Å². The van der Waals surface area contributed by atoms with Crippen LogP contribution in [0, 0.1) is 5.82 Å². The van der Waals surface area contributed by atoms with Crippen LogP contribution >= 0.6 is 0 Å². The van der Waals surface area contributed by atoms with Crippen LogP contribution in [-0.4, -0.2) is 21.8 Å². The number of benzene rings is 2. The molecule has 0 spiro atoms. The Balaban J connectivity index is 1.57. The minimum absolute atomic E-state index is 0.169. The first-order chi connectivity index (χ1) is 13.5. The van der Waals surface area contributed by atoms with E-state index in [0.29, 0.717) is 22.9 Å². The first-order valence-electron chi connectivity index (χ1n) is 8.49. The van der Waals surface area contributed by atoms with Crippen molar-refractivity contribution in [2.24, 2.45) is 0 Å². The summed E-state index contributed by atoms with van der Waals surface area (Å²) in [6.07, 6.45) is 2.77. The van der Waals surface area contributed by atoms with E-state index in [4.69, 9.17) is 0 Å². The maximum Gasteiger partial charge on any atom is 0.258 e. The molecule has 3 aromatic rings. The Bertz CT molecular complexity index is 975. The van der Waals surface area contributed by atoms with Crippen LogP contribution in [0.3, 0.4) is 0 Å². The van der Waals surface area contributed by atoms with Gasteiger partial charge in [-0.05, 0) is 30.3 Å². The molecule has 0 fully saturated rings. The van der Waals surface area contributed by atoms with Gasteiger partial charge in [0.05, 0.1) is 5.56 Å². The van der Waals surface area contributed by atoms with Crippen LogP contribution < -0.4 is 16.0 Å². The Labute approximate surface area is 161 Å². The average Bonchev–Trinajstić information content (AvgIpc) is 2.69. The highest BCUT2D eigenvalue weighted by atomic mass is 19.1. The fraction of sp³-hybridized carbons (Fsp3) is 0.100. The van der Waals surface area contributed by atoms with Crippen LogP contribution in [0.5, 0.6) is 0 Å². The molecule has 0 unspecified atom stereocenters. The number of nitrogens with one attached hydrogen (secondary N) is 3. The summed E-state index contributed by atoms with van der Waals surface area (Å²) >= 11 is 0. The third-order valence-electron chi connectivity index (χ3n) is 3.77. The summed E-state index contributed by atoms with van der Waals surface area (Å²) in [6, 6.07) is 13.1. The van der Waals surface area contributed by atoms with Gasteiger partial charge in [0.2, 0.25) is 11.9 Å². The number of carbonyl (C=O) groups excluding carboxylic acids is 2. The molecule has 8 heteroatoms. The van der Waals surface area contributed by atoms with E-state index in [2.05, 4.69) is 25.9 Å². The average molecular weight is 379 g/mol. The van der Waals surface area contributed by atoms with Crippen LogP contribution in [0.2, 0.25) is 0 Å². The zero-order valence-corrected chi connectivity index (χ0v) is 15.1. The molecule has 142 valence electrons. The van der Waals surface area contributed by atoms with Crippen LogP contribution in [-0.2, 0) is 11.3 Å². The lowest BCUT2D eigenvalue weighted by atomic mass is 10.2. The van der Waals surface area contributed by atoms with Crippen molar-refractivity contribution in [3.05, 3.63) is 77.9 Å². The van der Waals surface area contributed by atoms with Gasteiger partial charge in [-0.1, -0.05) is 18.2 Å². The molecular weight excluding hydrogens is 361 g/mol. The Kier molecular flexibility index (Phi) is 5.91. The summed E-state index contributed by atoms with van der Waals surface area (Å²) in [5.41, 5.74) is 1.98. The molecule has 28 heavy (non-hydrogen) atoms. The first-order valence-corrected chi connectivity index (χ1v) is 8.49. The van der Waals surface area contributed by atoms with E-state index in [-0.39, 0.29) is 29.7 Å². The smallest absolute Gasteiger partial charge is 0.258 e. The van der Waals surface area contributed by atoms with Gasteiger partial charge < -0.3 is 16.0 Å². The molecule has 0 radical (unpaired) electrons. The molecule has 1 heterocycles. The lowest BCUT2D eigenvalue weighted by Crippen LogP contribution is -2.13. The van der Waals surface area contributed by atoms with Gasteiger partial charge >= 0.3 is 0 Å². The topological polar surface area (TPSA) is 96.0 Å². The number of aromatic nitrogens is 2. The number of halogens is 1. The highest BCUT2D eigenvalue weighted by Crippen LogP contribution is 2.15. The second-order valence-corrected chi connectivity index (χ2v) is 5.95. The lowest BCUT2D eigenvalue weighted by molar-refractivity contribution is -0.114. The molecule has 0 saturated heterocycles. The van der Waals surface area contributed by atoms with Gasteiger partial charge in [0.25, 0.3) is 5.91 Å². The number of rotatable bonds is 6.